The van der Waals surface area contributed by atoms with Gasteiger partial charge in [0, 0.05) is 16.8 Å². The maximum Gasteiger partial charge on any atom is 0.336 e. The van der Waals surface area contributed by atoms with Crippen molar-refractivity contribution in [3.63, 3.8) is 0 Å². The van der Waals surface area contributed by atoms with Gasteiger partial charge in [0.15, 0.2) is 5.82 Å². The van der Waals surface area contributed by atoms with Gasteiger partial charge >= 0.3 is 6.01 Å². The number of methoxy groups -OCH3 is 2. The van der Waals surface area contributed by atoms with Crippen molar-refractivity contribution in [3.05, 3.63) is 78.4 Å². The van der Waals surface area contributed by atoms with Crippen LogP contribution in [0.25, 0.3) is 17.1 Å². The molecular weight excluding hydrogens is 444 g/mol. The molecule has 35 heavy (non-hydrogen) atoms. The van der Waals surface area contributed by atoms with Gasteiger partial charge in [0.25, 0.3) is 5.91 Å². The van der Waals surface area contributed by atoms with Crippen LogP contribution in [0.5, 0.6) is 17.5 Å². The van der Waals surface area contributed by atoms with Gasteiger partial charge in [-0.3, -0.25) is 4.79 Å². The fraction of sp³-hybridized carbons (Fsp3) is 0.222. The minimum atomic E-state index is -0.223. The maximum atomic E-state index is 12.6. The van der Waals surface area contributed by atoms with E-state index in [2.05, 4.69) is 29.2 Å². The highest BCUT2D eigenvalue weighted by atomic mass is 16.5. The van der Waals surface area contributed by atoms with Crippen molar-refractivity contribution in [2.75, 3.05) is 26.1 Å². The number of anilines is 1. The van der Waals surface area contributed by atoms with Gasteiger partial charge in [-0.05, 0) is 60.5 Å². The van der Waals surface area contributed by atoms with Crippen molar-refractivity contribution in [2.45, 2.75) is 13.8 Å². The number of carbonyl (C=O) groups excluding carboxylic acids is 1. The van der Waals surface area contributed by atoms with E-state index in [1.165, 1.54) is 0 Å². The average Bonchev–Trinajstić information content (AvgIpc) is 3.32. The first-order valence-corrected chi connectivity index (χ1v) is 11.3. The molecule has 0 bridgehead atoms. The van der Waals surface area contributed by atoms with E-state index in [0.29, 0.717) is 41.4 Å². The van der Waals surface area contributed by atoms with E-state index in [1.807, 2.05) is 48.5 Å². The Morgan fingerprint density at radius 2 is 1.63 bits per heavy atom. The van der Waals surface area contributed by atoms with Crippen LogP contribution in [0.1, 0.15) is 24.2 Å². The molecule has 0 saturated carbocycles. The van der Waals surface area contributed by atoms with Crippen LogP contribution in [-0.4, -0.2) is 41.5 Å². The molecule has 3 aromatic carbocycles. The predicted molar refractivity (Wildman–Crippen MR) is 135 cm³/mol. The molecule has 0 atom stereocenters. The second kappa shape index (κ2) is 10.7. The number of amides is 1. The third-order valence-corrected chi connectivity index (χ3v) is 5.16. The summed E-state index contributed by atoms with van der Waals surface area (Å²) in [7, 11) is 3.19. The third-order valence-electron chi connectivity index (χ3n) is 5.16. The van der Waals surface area contributed by atoms with Gasteiger partial charge in [-0.25, -0.2) is 4.68 Å². The molecule has 0 aliphatic heterocycles. The molecule has 0 saturated heterocycles. The Balaban J connectivity index is 1.61. The Hall–Kier alpha value is -4.33. The molecular formula is C27H28N4O4. The van der Waals surface area contributed by atoms with E-state index in [9.17, 15) is 4.79 Å². The topological polar surface area (TPSA) is 87.5 Å². The van der Waals surface area contributed by atoms with Crippen molar-refractivity contribution in [3.8, 4) is 34.6 Å². The van der Waals surface area contributed by atoms with Gasteiger partial charge in [-0.1, -0.05) is 32.0 Å². The normalized spacial score (nSPS) is 10.8. The maximum absolute atomic E-state index is 12.6. The Labute approximate surface area is 204 Å². The molecule has 8 heteroatoms. The highest BCUT2D eigenvalue weighted by molar-refractivity contribution is 6.04. The molecule has 1 aromatic heterocycles. The summed E-state index contributed by atoms with van der Waals surface area (Å²) in [6.07, 6.45) is 0. The zero-order valence-electron chi connectivity index (χ0n) is 20.2. The molecule has 0 aliphatic rings. The number of ether oxygens (including phenoxy) is 3. The predicted octanol–water partition coefficient (Wildman–Crippen LogP) is 5.24. The first-order valence-electron chi connectivity index (χ1n) is 11.3. The fourth-order valence-electron chi connectivity index (χ4n) is 3.38. The van der Waals surface area contributed by atoms with E-state index < -0.39 is 0 Å². The lowest BCUT2D eigenvalue weighted by atomic mass is 10.2. The summed E-state index contributed by atoms with van der Waals surface area (Å²) < 4.78 is 18.1. The van der Waals surface area contributed by atoms with Crippen molar-refractivity contribution in [1.82, 2.24) is 14.8 Å². The van der Waals surface area contributed by atoms with Gasteiger partial charge in [0.2, 0.25) is 0 Å². The van der Waals surface area contributed by atoms with E-state index in [1.54, 1.807) is 43.2 Å². The second-order valence-corrected chi connectivity index (χ2v) is 8.30. The van der Waals surface area contributed by atoms with Crippen LogP contribution in [0.2, 0.25) is 0 Å². The van der Waals surface area contributed by atoms with Crippen molar-refractivity contribution < 1.29 is 19.0 Å². The summed E-state index contributed by atoms with van der Waals surface area (Å²) in [6, 6.07) is 22.3. The summed E-state index contributed by atoms with van der Waals surface area (Å²) in [5, 5.41) is 7.49. The lowest BCUT2D eigenvalue weighted by Crippen LogP contribution is -2.12. The summed E-state index contributed by atoms with van der Waals surface area (Å²) in [5.74, 6) is 2.08. The van der Waals surface area contributed by atoms with Gasteiger partial charge in [-0.15, -0.1) is 5.10 Å². The number of hydrogen-bond acceptors (Lipinski definition) is 6. The smallest absolute Gasteiger partial charge is 0.336 e. The summed E-state index contributed by atoms with van der Waals surface area (Å²) >= 11 is 0. The molecule has 0 spiro atoms. The Kier molecular flexibility index (Phi) is 7.30. The van der Waals surface area contributed by atoms with Crippen LogP contribution in [0.4, 0.5) is 5.69 Å². The lowest BCUT2D eigenvalue weighted by Gasteiger charge is -2.09. The zero-order valence-corrected chi connectivity index (χ0v) is 20.2. The molecule has 0 unspecified atom stereocenters. The lowest BCUT2D eigenvalue weighted by molar-refractivity contribution is 0.102. The number of rotatable bonds is 9. The molecule has 0 fully saturated rings. The highest BCUT2D eigenvalue weighted by Crippen LogP contribution is 2.27. The Morgan fingerprint density at radius 3 is 2.31 bits per heavy atom. The Morgan fingerprint density at radius 1 is 0.943 bits per heavy atom. The van der Waals surface area contributed by atoms with Crippen LogP contribution >= 0.6 is 0 Å². The van der Waals surface area contributed by atoms with Crippen LogP contribution in [0, 0.1) is 5.92 Å². The fourth-order valence-corrected chi connectivity index (χ4v) is 3.38. The Bertz CT molecular complexity index is 1300. The minimum absolute atomic E-state index is 0.223. The minimum Gasteiger partial charge on any atom is -0.497 e. The molecule has 8 nitrogen and oxygen atoms in total. The van der Waals surface area contributed by atoms with Gasteiger partial charge in [0.1, 0.15) is 11.5 Å². The summed E-state index contributed by atoms with van der Waals surface area (Å²) in [5.41, 5.74) is 2.78. The summed E-state index contributed by atoms with van der Waals surface area (Å²) in [4.78, 5) is 17.3. The molecule has 1 heterocycles. The van der Waals surface area contributed by atoms with E-state index in [4.69, 9.17) is 14.2 Å². The number of nitrogens with zero attached hydrogens (tertiary/aromatic N) is 3. The first kappa shape index (κ1) is 23.8. The van der Waals surface area contributed by atoms with Crippen molar-refractivity contribution >= 4 is 11.6 Å². The zero-order chi connectivity index (χ0) is 24.8. The number of benzene rings is 3. The molecule has 0 aliphatic carbocycles. The standard InChI is InChI=1S/C27H28N4O4/c1-18(2)17-35-27-29-25(19-7-5-9-23(15-19)33-3)31(30-27)22-13-11-21(12-14-22)28-26(32)20-8-6-10-24(16-20)34-4/h5-16,18H,17H2,1-4H3,(H,28,32). The molecule has 4 rings (SSSR count). The highest BCUT2D eigenvalue weighted by Gasteiger charge is 2.16. The summed E-state index contributed by atoms with van der Waals surface area (Å²) in [6.45, 7) is 4.65. The van der Waals surface area contributed by atoms with E-state index in [-0.39, 0.29) is 5.91 Å². The first-order chi connectivity index (χ1) is 17.0. The average molecular weight is 473 g/mol. The molecule has 1 N–H and O–H groups in total. The SMILES string of the molecule is COc1cccc(C(=O)Nc2ccc(-n3nc(OCC(C)C)nc3-c3cccc(OC)c3)cc2)c1. The molecule has 0 radical (unpaired) electrons. The molecule has 4 aromatic rings. The second-order valence-electron chi connectivity index (χ2n) is 8.30. The number of aromatic nitrogens is 3. The largest absolute Gasteiger partial charge is 0.497 e. The van der Waals surface area contributed by atoms with Crippen LogP contribution in [0.15, 0.2) is 72.8 Å². The molecule has 180 valence electrons. The van der Waals surface area contributed by atoms with Crippen molar-refractivity contribution in [2.24, 2.45) is 5.92 Å². The monoisotopic (exact) mass is 472 g/mol. The number of nitrogens with one attached hydrogen (secondary N) is 1. The van der Waals surface area contributed by atoms with Gasteiger partial charge < -0.3 is 19.5 Å². The molecule has 1 amide bonds. The van der Waals surface area contributed by atoms with Crippen molar-refractivity contribution in [1.29, 1.82) is 0 Å². The van der Waals surface area contributed by atoms with E-state index >= 15 is 0 Å². The van der Waals surface area contributed by atoms with E-state index in [0.717, 1.165) is 17.0 Å². The van der Waals surface area contributed by atoms with Gasteiger partial charge in [-0.2, -0.15) is 4.98 Å². The quantitative estimate of drug-likeness (QED) is 0.359. The number of hydrogen-bond donors (Lipinski definition) is 1. The van der Waals surface area contributed by atoms with Gasteiger partial charge in [0.05, 0.1) is 26.5 Å². The number of carbonyl (C=O) groups is 1. The van der Waals surface area contributed by atoms with Crippen LogP contribution < -0.4 is 19.5 Å². The van der Waals surface area contributed by atoms with Crippen LogP contribution in [0.3, 0.4) is 0 Å². The third kappa shape index (κ3) is 5.78. The van der Waals surface area contributed by atoms with Crippen LogP contribution in [-0.2, 0) is 0 Å².